The molecule has 2 N–H and O–H groups in total. The van der Waals surface area contributed by atoms with Crippen molar-refractivity contribution in [2.24, 2.45) is 0 Å². The molecule has 1 fully saturated rings. The van der Waals surface area contributed by atoms with E-state index in [4.69, 9.17) is 0 Å². The maximum absolute atomic E-state index is 12.5. The van der Waals surface area contributed by atoms with Gasteiger partial charge >= 0.3 is 0 Å². The molecular weight excluding hydrogens is 380 g/mol. The molecule has 2 aromatic carbocycles. The van der Waals surface area contributed by atoms with Crippen LogP contribution in [-0.2, 0) is 4.79 Å². The highest BCUT2D eigenvalue weighted by molar-refractivity contribution is 5.97. The van der Waals surface area contributed by atoms with Crippen LogP contribution in [0.1, 0.15) is 24.2 Å². The van der Waals surface area contributed by atoms with Crippen LogP contribution in [-0.4, -0.2) is 72.5 Å². The minimum Gasteiger partial charge on any atom is -0.506 e. The Labute approximate surface area is 177 Å². The molecule has 0 radical (unpaired) electrons. The number of piperazine rings is 1. The third-order valence-electron chi connectivity index (χ3n) is 5.41. The highest BCUT2D eigenvalue weighted by atomic mass is 16.3. The Morgan fingerprint density at radius 2 is 1.70 bits per heavy atom. The average Bonchev–Trinajstić information content (AvgIpc) is 2.75. The van der Waals surface area contributed by atoms with Crippen LogP contribution in [0.5, 0.6) is 5.75 Å². The van der Waals surface area contributed by atoms with Crippen molar-refractivity contribution in [2.45, 2.75) is 13.8 Å². The summed E-state index contributed by atoms with van der Waals surface area (Å²) in [7, 11) is 0. The van der Waals surface area contributed by atoms with E-state index in [-0.39, 0.29) is 17.6 Å². The lowest BCUT2D eigenvalue weighted by molar-refractivity contribution is -0.117. The van der Waals surface area contributed by atoms with Crippen LogP contribution in [0.15, 0.2) is 48.5 Å². The van der Waals surface area contributed by atoms with Crippen molar-refractivity contribution in [3.8, 4) is 5.75 Å². The quantitative estimate of drug-likeness (QED) is 0.734. The number of amides is 2. The molecule has 0 aromatic heterocycles. The lowest BCUT2D eigenvalue weighted by atomic mass is 10.1. The standard InChI is InChI=1S/C23H30N4O3/c1-3-26(4-2)23(30)18-8-7-9-19(16-18)24-22(29)17-25-12-14-27(15-13-25)20-10-5-6-11-21(20)28/h5-11,16,28H,3-4,12-15,17H2,1-2H3,(H,24,29). The number of phenols is 1. The smallest absolute Gasteiger partial charge is 0.253 e. The van der Waals surface area contributed by atoms with Gasteiger partial charge < -0.3 is 20.2 Å². The second-order valence-electron chi connectivity index (χ2n) is 7.36. The molecule has 2 aromatic rings. The van der Waals surface area contributed by atoms with Crippen LogP contribution in [0.3, 0.4) is 0 Å². The van der Waals surface area contributed by atoms with Crippen LogP contribution in [0.4, 0.5) is 11.4 Å². The second kappa shape index (κ2) is 10.1. The SMILES string of the molecule is CCN(CC)C(=O)c1cccc(NC(=O)CN2CCN(c3ccccc3O)CC2)c1. The van der Waals surface area contributed by atoms with Gasteiger partial charge in [-0.15, -0.1) is 0 Å². The van der Waals surface area contributed by atoms with E-state index in [1.165, 1.54) is 0 Å². The Morgan fingerprint density at radius 3 is 2.37 bits per heavy atom. The lowest BCUT2D eigenvalue weighted by Gasteiger charge is -2.35. The summed E-state index contributed by atoms with van der Waals surface area (Å²) in [5.74, 6) is 0.151. The molecular formula is C23H30N4O3. The minimum absolute atomic E-state index is 0.0311. The van der Waals surface area contributed by atoms with Crippen molar-refractivity contribution in [1.29, 1.82) is 0 Å². The molecule has 1 heterocycles. The van der Waals surface area contributed by atoms with E-state index >= 15 is 0 Å². The van der Waals surface area contributed by atoms with E-state index in [2.05, 4.69) is 15.1 Å². The van der Waals surface area contributed by atoms with Gasteiger partial charge in [-0.05, 0) is 44.2 Å². The Kier molecular flexibility index (Phi) is 7.30. The van der Waals surface area contributed by atoms with Gasteiger partial charge in [-0.25, -0.2) is 0 Å². The molecule has 0 atom stereocenters. The zero-order chi connectivity index (χ0) is 21.5. The third-order valence-corrected chi connectivity index (χ3v) is 5.41. The van der Waals surface area contributed by atoms with Gasteiger partial charge in [0.1, 0.15) is 5.75 Å². The Balaban J connectivity index is 1.52. The van der Waals surface area contributed by atoms with E-state index in [0.717, 1.165) is 31.9 Å². The van der Waals surface area contributed by atoms with Gasteiger partial charge in [0.05, 0.1) is 12.2 Å². The summed E-state index contributed by atoms with van der Waals surface area (Å²) in [5, 5.41) is 12.9. The first-order valence-electron chi connectivity index (χ1n) is 10.5. The van der Waals surface area contributed by atoms with Crippen LogP contribution < -0.4 is 10.2 Å². The molecule has 1 aliphatic heterocycles. The predicted molar refractivity (Wildman–Crippen MR) is 119 cm³/mol. The largest absolute Gasteiger partial charge is 0.506 e. The number of phenolic OH excluding ortho intramolecular Hbond substituents is 1. The van der Waals surface area contributed by atoms with Gasteiger partial charge in [-0.2, -0.15) is 0 Å². The Hall–Kier alpha value is -3.06. The number of nitrogens with one attached hydrogen (secondary N) is 1. The number of carbonyl (C=O) groups is 2. The number of benzene rings is 2. The zero-order valence-electron chi connectivity index (χ0n) is 17.7. The number of aromatic hydroxyl groups is 1. The summed E-state index contributed by atoms with van der Waals surface area (Å²) in [6, 6.07) is 14.4. The van der Waals surface area contributed by atoms with Crippen molar-refractivity contribution in [3.63, 3.8) is 0 Å². The lowest BCUT2D eigenvalue weighted by Crippen LogP contribution is -2.48. The number of anilines is 2. The van der Waals surface area contributed by atoms with E-state index in [9.17, 15) is 14.7 Å². The van der Waals surface area contributed by atoms with Crippen molar-refractivity contribution in [1.82, 2.24) is 9.80 Å². The normalized spacial score (nSPS) is 14.4. The molecule has 30 heavy (non-hydrogen) atoms. The number of carbonyl (C=O) groups excluding carboxylic acids is 2. The highest BCUT2D eigenvalue weighted by Gasteiger charge is 2.21. The summed E-state index contributed by atoms with van der Waals surface area (Å²) < 4.78 is 0. The van der Waals surface area contributed by atoms with Crippen LogP contribution in [0, 0.1) is 0 Å². The molecule has 0 aliphatic carbocycles. The predicted octanol–water partition coefficient (Wildman–Crippen LogP) is 2.63. The molecule has 0 unspecified atom stereocenters. The molecule has 1 saturated heterocycles. The number of rotatable bonds is 7. The third kappa shape index (κ3) is 5.30. The molecule has 7 heteroatoms. The highest BCUT2D eigenvalue weighted by Crippen LogP contribution is 2.27. The summed E-state index contributed by atoms with van der Waals surface area (Å²) in [5.41, 5.74) is 2.04. The molecule has 0 spiro atoms. The monoisotopic (exact) mass is 410 g/mol. The van der Waals surface area contributed by atoms with Crippen LogP contribution in [0.2, 0.25) is 0 Å². The average molecular weight is 411 g/mol. The fourth-order valence-electron chi connectivity index (χ4n) is 3.71. The molecule has 3 rings (SSSR count). The fourth-order valence-corrected chi connectivity index (χ4v) is 3.71. The molecule has 1 aliphatic rings. The molecule has 0 bridgehead atoms. The first-order chi connectivity index (χ1) is 14.5. The van der Waals surface area contributed by atoms with Crippen molar-refractivity contribution in [3.05, 3.63) is 54.1 Å². The maximum Gasteiger partial charge on any atom is 0.253 e. The molecule has 7 nitrogen and oxygen atoms in total. The van der Waals surface area contributed by atoms with Crippen molar-refractivity contribution >= 4 is 23.2 Å². The van der Waals surface area contributed by atoms with E-state index in [1.54, 1.807) is 35.2 Å². The zero-order valence-corrected chi connectivity index (χ0v) is 17.7. The topological polar surface area (TPSA) is 76.1 Å². The van der Waals surface area contributed by atoms with Gasteiger partial charge in [0.15, 0.2) is 0 Å². The fraction of sp³-hybridized carbons (Fsp3) is 0.391. The number of hydrogen-bond acceptors (Lipinski definition) is 5. The van der Waals surface area contributed by atoms with Crippen LogP contribution in [0.25, 0.3) is 0 Å². The van der Waals surface area contributed by atoms with Crippen molar-refractivity contribution in [2.75, 3.05) is 56.0 Å². The summed E-state index contributed by atoms with van der Waals surface area (Å²) in [4.78, 5) is 31.0. The van der Waals surface area contributed by atoms with E-state index in [1.807, 2.05) is 32.0 Å². The van der Waals surface area contributed by atoms with Crippen LogP contribution >= 0.6 is 0 Å². The van der Waals surface area contributed by atoms with Gasteiger partial charge in [-0.3, -0.25) is 14.5 Å². The first kappa shape index (κ1) is 21.6. The summed E-state index contributed by atoms with van der Waals surface area (Å²) in [6.07, 6.45) is 0. The minimum atomic E-state index is -0.0987. The summed E-state index contributed by atoms with van der Waals surface area (Å²) >= 11 is 0. The Bertz CT molecular complexity index is 874. The van der Waals surface area contributed by atoms with Gasteiger partial charge in [0.2, 0.25) is 5.91 Å². The number of para-hydroxylation sites is 2. The van der Waals surface area contributed by atoms with Gasteiger partial charge in [0.25, 0.3) is 5.91 Å². The van der Waals surface area contributed by atoms with E-state index in [0.29, 0.717) is 30.9 Å². The molecule has 160 valence electrons. The first-order valence-corrected chi connectivity index (χ1v) is 10.5. The van der Waals surface area contributed by atoms with Gasteiger partial charge in [-0.1, -0.05) is 18.2 Å². The molecule has 2 amide bonds. The number of nitrogens with zero attached hydrogens (tertiary/aromatic N) is 3. The number of hydrogen-bond donors (Lipinski definition) is 2. The van der Waals surface area contributed by atoms with Gasteiger partial charge in [0, 0.05) is 50.5 Å². The van der Waals surface area contributed by atoms with Crippen molar-refractivity contribution < 1.29 is 14.7 Å². The second-order valence-corrected chi connectivity index (χ2v) is 7.36. The maximum atomic E-state index is 12.5. The van der Waals surface area contributed by atoms with E-state index < -0.39 is 0 Å². The Morgan fingerprint density at radius 1 is 1.00 bits per heavy atom. The molecule has 0 saturated carbocycles. The summed E-state index contributed by atoms with van der Waals surface area (Å²) in [6.45, 7) is 8.47.